The Labute approximate surface area is 123 Å². The van der Waals surface area contributed by atoms with Crippen LogP contribution in [0.1, 0.15) is 16.2 Å². The zero-order valence-corrected chi connectivity index (χ0v) is 12.3. The molecule has 0 atom stereocenters. The van der Waals surface area contributed by atoms with Crippen LogP contribution in [0, 0.1) is 6.92 Å². The number of hydrogen-bond acceptors (Lipinski definition) is 3. The van der Waals surface area contributed by atoms with E-state index in [1.165, 1.54) is 0 Å². The fourth-order valence-electron chi connectivity index (χ4n) is 1.87. The molecule has 0 aliphatic heterocycles. The molecule has 0 saturated carbocycles. The average molecular weight is 331 g/mol. The number of anilines is 1. The minimum absolute atomic E-state index is 0.259. The van der Waals surface area contributed by atoms with Crippen molar-refractivity contribution in [1.29, 1.82) is 0 Å². The summed E-state index contributed by atoms with van der Waals surface area (Å²) < 4.78 is 2.43. The van der Waals surface area contributed by atoms with Gasteiger partial charge in [0, 0.05) is 4.47 Å². The van der Waals surface area contributed by atoms with Gasteiger partial charge in [-0.25, -0.2) is 9.50 Å². The van der Waals surface area contributed by atoms with E-state index in [1.54, 1.807) is 22.8 Å². The quantitative estimate of drug-likeness (QED) is 0.785. The highest BCUT2D eigenvalue weighted by atomic mass is 79.9. The second kappa shape index (κ2) is 5.05. The van der Waals surface area contributed by atoms with Gasteiger partial charge in [-0.1, -0.05) is 12.1 Å². The molecule has 0 aliphatic carbocycles. The lowest BCUT2D eigenvalue weighted by atomic mass is 10.3. The van der Waals surface area contributed by atoms with E-state index in [-0.39, 0.29) is 5.91 Å². The van der Waals surface area contributed by atoms with E-state index < -0.39 is 0 Å². The molecule has 1 amide bonds. The van der Waals surface area contributed by atoms with E-state index in [2.05, 4.69) is 31.3 Å². The molecular formula is C14H11BrN4O. The summed E-state index contributed by atoms with van der Waals surface area (Å²) in [6.45, 7) is 1.88. The normalized spacial score (nSPS) is 10.7. The molecule has 2 aromatic heterocycles. The van der Waals surface area contributed by atoms with Crippen LogP contribution in [0.4, 0.5) is 5.69 Å². The van der Waals surface area contributed by atoms with Crippen LogP contribution in [0.15, 0.2) is 47.1 Å². The van der Waals surface area contributed by atoms with Crippen LogP contribution in [0.2, 0.25) is 0 Å². The first-order chi connectivity index (χ1) is 9.63. The van der Waals surface area contributed by atoms with Gasteiger partial charge in [-0.2, -0.15) is 5.10 Å². The molecule has 1 aromatic carbocycles. The number of carbonyl (C=O) groups is 1. The Morgan fingerprint density at radius 1 is 1.25 bits per heavy atom. The molecule has 20 heavy (non-hydrogen) atoms. The average Bonchev–Trinajstić information content (AvgIpc) is 2.80. The Morgan fingerprint density at radius 3 is 2.85 bits per heavy atom. The molecule has 0 bridgehead atoms. The topological polar surface area (TPSA) is 59.3 Å². The van der Waals surface area contributed by atoms with Gasteiger partial charge in [0.1, 0.15) is 5.69 Å². The molecule has 0 aliphatic rings. The molecule has 0 unspecified atom stereocenters. The van der Waals surface area contributed by atoms with Gasteiger partial charge in [-0.05, 0) is 47.1 Å². The van der Waals surface area contributed by atoms with Gasteiger partial charge in [-0.3, -0.25) is 4.79 Å². The van der Waals surface area contributed by atoms with Gasteiger partial charge in [-0.15, -0.1) is 0 Å². The summed E-state index contributed by atoms with van der Waals surface area (Å²) in [4.78, 5) is 16.5. The third-order valence-electron chi connectivity index (χ3n) is 2.80. The van der Waals surface area contributed by atoms with Crippen molar-refractivity contribution in [2.24, 2.45) is 0 Å². The van der Waals surface area contributed by atoms with E-state index in [1.807, 2.05) is 31.2 Å². The van der Waals surface area contributed by atoms with Crippen molar-refractivity contribution in [3.05, 3.63) is 58.5 Å². The Balaban J connectivity index is 1.90. The lowest BCUT2D eigenvalue weighted by Crippen LogP contribution is -2.15. The van der Waals surface area contributed by atoms with E-state index in [4.69, 9.17) is 0 Å². The molecule has 2 heterocycles. The van der Waals surface area contributed by atoms with Gasteiger partial charge in [0.25, 0.3) is 5.91 Å². The molecule has 0 saturated heterocycles. The SMILES string of the molecule is Cc1cn2nc(C(=O)Nc3ccccc3Br)ccc2n1. The Morgan fingerprint density at radius 2 is 2.05 bits per heavy atom. The third-order valence-corrected chi connectivity index (χ3v) is 3.49. The van der Waals surface area contributed by atoms with E-state index in [9.17, 15) is 4.79 Å². The number of carbonyl (C=O) groups excluding carboxylic acids is 1. The number of nitrogens with one attached hydrogen (secondary N) is 1. The van der Waals surface area contributed by atoms with Crippen molar-refractivity contribution in [3.63, 3.8) is 0 Å². The summed E-state index contributed by atoms with van der Waals surface area (Å²) in [7, 11) is 0. The maximum Gasteiger partial charge on any atom is 0.276 e. The van der Waals surface area contributed by atoms with Crippen molar-refractivity contribution in [2.45, 2.75) is 6.92 Å². The van der Waals surface area contributed by atoms with Gasteiger partial charge in [0.2, 0.25) is 0 Å². The minimum atomic E-state index is -0.259. The lowest BCUT2D eigenvalue weighted by Gasteiger charge is -2.06. The predicted octanol–water partition coefficient (Wildman–Crippen LogP) is 3.05. The van der Waals surface area contributed by atoms with Crippen molar-refractivity contribution < 1.29 is 4.79 Å². The number of aryl methyl sites for hydroxylation is 1. The molecule has 1 N–H and O–H groups in total. The Bertz CT molecular complexity index is 797. The van der Waals surface area contributed by atoms with Crippen molar-refractivity contribution >= 4 is 33.2 Å². The molecule has 6 heteroatoms. The van der Waals surface area contributed by atoms with Crippen LogP contribution in [0.25, 0.3) is 5.65 Å². The number of benzene rings is 1. The smallest absolute Gasteiger partial charge is 0.276 e. The number of imidazole rings is 1. The van der Waals surface area contributed by atoms with E-state index in [0.717, 1.165) is 15.8 Å². The first kappa shape index (κ1) is 12.8. The van der Waals surface area contributed by atoms with Crippen LogP contribution >= 0.6 is 15.9 Å². The van der Waals surface area contributed by atoms with Gasteiger partial charge in [0.15, 0.2) is 5.65 Å². The summed E-state index contributed by atoms with van der Waals surface area (Å²) in [5.74, 6) is -0.259. The molecule has 0 spiro atoms. The second-order valence-corrected chi connectivity index (χ2v) is 5.19. The maximum atomic E-state index is 12.2. The molecule has 3 rings (SSSR count). The van der Waals surface area contributed by atoms with E-state index >= 15 is 0 Å². The Hall–Kier alpha value is -2.21. The largest absolute Gasteiger partial charge is 0.320 e. The summed E-state index contributed by atoms with van der Waals surface area (Å²) in [6, 6.07) is 10.9. The third kappa shape index (κ3) is 2.42. The first-order valence-corrected chi connectivity index (χ1v) is 6.82. The van der Waals surface area contributed by atoms with Crippen LogP contribution in [-0.4, -0.2) is 20.5 Å². The maximum absolute atomic E-state index is 12.2. The highest BCUT2D eigenvalue weighted by molar-refractivity contribution is 9.10. The van der Waals surface area contributed by atoms with Gasteiger partial charge >= 0.3 is 0 Å². The lowest BCUT2D eigenvalue weighted by molar-refractivity contribution is 0.102. The van der Waals surface area contributed by atoms with Crippen molar-refractivity contribution in [3.8, 4) is 0 Å². The van der Waals surface area contributed by atoms with Gasteiger partial charge < -0.3 is 5.32 Å². The van der Waals surface area contributed by atoms with E-state index in [0.29, 0.717) is 11.4 Å². The highest BCUT2D eigenvalue weighted by Gasteiger charge is 2.11. The minimum Gasteiger partial charge on any atom is -0.320 e. The number of fused-ring (bicyclic) bond motifs is 1. The summed E-state index contributed by atoms with van der Waals surface area (Å²) in [6.07, 6.45) is 1.78. The fourth-order valence-corrected chi connectivity index (χ4v) is 2.25. The molecule has 0 radical (unpaired) electrons. The van der Waals surface area contributed by atoms with Gasteiger partial charge in [0.05, 0.1) is 17.6 Å². The van der Waals surface area contributed by atoms with Crippen LogP contribution < -0.4 is 5.32 Å². The zero-order valence-electron chi connectivity index (χ0n) is 10.7. The van der Waals surface area contributed by atoms with Crippen LogP contribution in [-0.2, 0) is 0 Å². The van der Waals surface area contributed by atoms with Crippen LogP contribution in [0.3, 0.4) is 0 Å². The summed E-state index contributed by atoms with van der Waals surface area (Å²) >= 11 is 3.39. The number of nitrogens with zero attached hydrogens (tertiary/aromatic N) is 3. The highest BCUT2D eigenvalue weighted by Crippen LogP contribution is 2.21. The molecule has 0 fully saturated rings. The first-order valence-electron chi connectivity index (χ1n) is 6.02. The Kier molecular flexibility index (Phi) is 3.23. The molecule has 5 nitrogen and oxygen atoms in total. The molecule has 100 valence electrons. The summed E-state index contributed by atoms with van der Waals surface area (Å²) in [5.41, 5.74) is 2.63. The predicted molar refractivity (Wildman–Crippen MR) is 79.8 cm³/mol. The number of para-hydroxylation sites is 1. The zero-order chi connectivity index (χ0) is 14.1. The monoisotopic (exact) mass is 330 g/mol. The van der Waals surface area contributed by atoms with Crippen LogP contribution in [0.5, 0.6) is 0 Å². The second-order valence-electron chi connectivity index (χ2n) is 4.34. The van der Waals surface area contributed by atoms with Crippen molar-refractivity contribution in [2.75, 3.05) is 5.32 Å². The number of amides is 1. The fraction of sp³-hybridized carbons (Fsp3) is 0.0714. The molecular weight excluding hydrogens is 320 g/mol. The number of rotatable bonds is 2. The van der Waals surface area contributed by atoms with Crippen molar-refractivity contribution in [1.82, 2.24) is 14.6 Å². The number of hydrogen-bond donors (Lipinski definition) is 1. The summed E-state index contributed by atoms with van der Waals surface area (Å²) in [5, 5.41) is 7.06. The number of aromatic nitrogens is 3. The molecule has 3 aromatic rings. The number of halogens is 1. The standard InChI is InChI=1S/C14H11BrN4O/c1-9-8-19-13(16-9)7-6-12(18-19)14(20)17-11-5-3-2-4-10(11)15/h2-8H,1H3,(H,17,20).